The van der Waals surface area contributed by atoms with Gasteiger partial charge in [0.25, 0.3) is 0 Å². The highest BCUT2D eigenvalue weighted by Crippen LogP contribution is 2.37. The number of likely N-dealkylation sites (tertiary alicyclic amines) is 1. The molecule has 7 heteroatoms. The maximum atomic E-state index is 12.3. The standard InChI is InChI=1S/C16H20N2O5/c1-10-8-23-17-13(10)9-22-14(19)6-7-18-15(20)11-4-2-3-5-12(11)16(18)21/h8,11-12H,2-7,9H2,1H3/t11-,12+. The highest BCUT2D eigenvalue weighted by molar-refractivity contribution is 6.05. The van der Waals surface area contributed by atoms with Crippen LogP contribution < -0.4 is 0 Å². The number of carbonyl (C=O) groups excluding carboxylic acids is 3. The summed E-state index contributed by atoms with van der Waals surface area (Å²) >= 11 is 0. The summed E-state index contributed by atoms with van der Waals surface area (Å²) in [4.78, 5) is 37.6. The third kappa shape index (κ3) is 3.13. The lowest BCUT2D eigenvalue weighted by molar-refractivity contribution is -0.146. The average Bonchev–Trinajstić information content (AvgIpc) is 3.07. The molecule has 2 heterocycles. The quantitative estimate of drug-likeness (QED) is 0.604. The zero-order valence-electron chi connectivity index (χ0n) is 13.1. The Morgan fingerprint density at radius 3 is 2.52 bits per heavy atom. The van der Waals surface area contributed by atoms with Gasteiger partial charge in [-0.25, -0.2) is 0 Å². The molecular formula is C16H20N2O5. The maximum Gasteiger partial charge on any atom is 0.307 e. The molecule has 2 amide bonds. The SMILES string of the molecule is Cc1conc1COC(=O)CCN1C(=O)[C@H]2CCCC[C@H]2C1=O. The van der Waals surface area contributed by atoms with Crippen molar-refractivity contribution in [1.29, 1.82) is 0 Å². The largest absolute Gasteiger partial charge is 0.459 e. The van der Waals surface area contributed by atoms with Crippen LogP contribution in [-0.4, -0.2) is 34.4 Å². The topological polar surface area (TPSA) is 89.7 Å². The summed E-state index contributed by atoms with van der Waals surface area (Å²) < 4.78 is 9.87. The van der Waals surface area contributed by atoms with Crippen molar-refractivity contribution in [2.45, 2.75) is 45.6 Å². The Labute approximate surface area is 133 Å². The number of hydrogen-bond donors (Lipinski definition) is 0. The molecule has 1 saturated heterocycles. The minimum Gasteiger partial charge on any atom is -0.459 e. The highest BCUT2D eigenvalue weighted by Gasteiger charge is 2.47. The van der Waals surface area contributed by atoms with Crippen LogP contribution in [-0.2, 0) is 25.7 Å². The number of carbonyl (C=O) groups is 3. The van der Waals surface area contributed by atoms with Crippen LogP contribution in [0.25, 0.3) is 0 Å². The molecule has 0 spiro atoms. The zero-order valence-corrected chi connectivity index (χ0v) is 13.1. The summed E-state index contributed by atoms with van der Waals surface area (Å²) in [5.41, 5.74) is 1.38. The number of aryl methyl sites for hydroxylation is 1. The number of imide groups is 1. The van der Waals surface area contributed by atoms with Gasteiger partial charge in [0.15, 0.2) is 0 Å². The van der Waals surface area contributed by atoms with Gasteiger partial charge in [-0.1, -0.05) is 18.0 Å². The van der Waals surface area contributed by atoms with Crippen molar-refractivity contribution in [2.24, 2.45) is 11.8 Å². The first kappa shape index (κ1) is 15.7. The molecule has 3 rings (SSSR count). The van der Waals surface area contributed by atoms with Crippen LogP contribution in [0, 0.1) is 18.8 Å². The van der Waals surface area contributed by atoms with Gasteiger partial charge in [0.2, 0.25) is 11.8 Å². The molecule has 23 heavy (non-hydrogen) atoms. The number of nitrogens with zero attached hydrogens (tertiary/aromatic N) is 2. The van der Waals surface area contributed by atoms with Crippen molar-refractivity contribution in [1.82, 2.24) is 10.1 Å². The van der Waals surface area contributed by atoms with Crippen LogP contribution in [0.4, 0.5) is 0 Å². The molecule has 124 valence electrons. The minimum atomic E-state index is -0.456. The van der Waals surface area contributed by atoms with Gasteiger partial charge in [-0.05, 0) is 19.8 Å². The molecule has 0 unspecified atom stereocenters. The van der Waals surface area contributed by atoms with Gasteiger partial charge in [-0.3, -0.25) is 19.3 Å². The lowest BCUT2D eigenvalue weighted by Gasteiger charge is -2.19. The lowest BCUT2D eigenvalue weighted by Crippen LogP contribution is -2.33. The molecule has 1 saturated carbocycles. The van der Waals surface area contributed by atoms with Gasteiger partial charge in [0.1, 0.15) is 18.6 Å². The van der Waals surface area contributed by atoms with Gasteiger partial charge in [0, 0.05) is 12.1 Å². The second-order valence-corrected chi connectivity index (χ2v) is 6.18. The lowest BCUT2D eigenvalue weighted by atomic mass is 9.81. The van der Waals surface area contributed by atoms with Crippen LogP contribution in [0.2, 0.25) is 0 Å². The first-order valence-electron chi connectivity index (χ1n) is 7.98. The van der Waals surface area contributed by atoms with Crippen molar-refractivity contribution in [3.63, 3.8) is 0 Å². The van der Waals surface area contributed by atoms with E-state index in [9.17, 15) is 14.4 Å². The molecule has 0 bridgehead atoms. The zero-order chi connectivity index (χ0) is 16.4. The Morgan fingerprint density at radius 1 is 1.30 bits per heavy atom. The number of amides is 2. The predicted molar refractivity (Wildman–Crippen MR) is 77.8 cm³/mol. The van der Waals surface area contributed by atoms with E-state index in [1.807, 2.05) is 6.92 Å². The fraction of sp³-hybridized carbons (Fsp3) is 0.625. The van der Waals surface area contributed by atoms with Gasteiger partial charge in [0.05, 0.1) is 18.3 Å². The van der Waals surface area contributed by atoms with Gasteiger partial charge < -0.3 is 9.26 Å². The van der Waals surface area contributed by atoms with Crippen molar-refractivity contribution in [2.75, 3.05) is 6.54 Å². The van der Waals surface area contributed by atoms with E-state index in [2.05, 4.69) is 5.16 Å². The summed E-state index contributed by atoms with van der Waals surface area (Å²) in [6.07, 6.45) is 5.03. The first-order valence-corrected chi connectivity index (χ1v) is 7.98. The highest BCUT2D eigenvalue weighted by atomic mass is 16.5. The number of ether oxygens (including phenoxy) is 1. The first-order chi connectivity index (χ1) is 11.1. The summed E-state index contributed by atoms with van der Waals surface area (Å²) in [6, 6.07) is 0. The summed E-state index contributed by atoms with van der Waals surface area (Å²) in [5, 5.41) is 3.73. The Balaban J connectivity index is 1.50. The van der Waals surface area contributed by atoms with Gasteiger partial charge >= 0.3 is 5.97 Å². The number of rotatable bonds is 5. The summed E-state index contributed by atoms with van der Waals surface area (Å²) in [6.45, 7) is 1.94. The molecule has 0 N–H and O–H groups in total. The predicted octanol–water partition coefficient (Wildman–Crippen LogP) is 1.59. The van der Waals surface area contributed by atoms with E-state index in [1.165, 1.54) is 11.2 Å². The Hall–Kier alpha value is -2.18. The molecule has 1 aromatic heterocycles. The second-order valence-electron chi connectivity index (χ2n) is 6.18. The number of esters is 1. The van der Waals surface area contributed by atoms with E-state index < -0.39 is 5.97 Å². The van der Waals surface area contributed by atoms with E-state index in [-0.39, 0.29) is 43.2 Å². The van der Waals surface area contributed by atoms with E-state index in [4.69, 9.17) is 9.26 Å². The molecule has 2 atom stereocenters. The van der Waals surface area contributed by atoms with E-state index in [0.29, 0.717) is 5.69 Å². The molecule has 7 nitrogen and oxygen atoms in total. The van der Waals surface area contributed by atoms with Crippen LogP contribution in [0.3, 0.4) is 0 Å². The fourth-order valence-electron chi connectivity index (χ4n) is 3.32. The second kappa shape index (κ2) is 6.52. The number of aromatic nitrogens is 1. The van der Waals surface area contributed by atoms with Crippen molar-refractivity contribution < 1.29 is 23.6 Å². The van der Waals surface area contributed by atoms with Crippen LogP contribution >= 0.6 is 0 Å². The van der Waals surface area contributed by atoms with Crippen molar-refractivity contribution >= 4 is 17.8 Å². The normalized spacial score (nSPS) is 24.0. The van der Waals surface area contributed by atoms with E-state index in [0.717, 1.165) is 31.2 Å². The monoisotopic (exact) mass is 320 g/mol. The summed E-state index contributed by atoms with van der Waals surface area (Å²) in [5.74, 6) is -1.06. The third-order valence-electron chi connectivity index (χ3n) is 4.69. The number of fused-ring (bicyclic) bond motifs is 1. The molecule has 0 aromatic carbocycles. The molecule has 1 aromatic rings. The van der Waals surface area contributed by atoms with E-state index >= 15 is 0 Å². The molecule has 2 aliphatic rings. The molecule has 1 aliphatic heterocycles. The molecule has 1 aliphatic carbocycles. The average molecular weight is 320 g/mol. The van der Waals surface area contributed by atoms with E-state index in [1.54, 1.807) is 0 Å². The molecular weight excluding hydrogens is 300 g/mol. The number of hydrogen-bond acceptors (Lipinski definition) is 6. The maximum absolute atomic E-state index is 12.3. The summed E-state index contributed by atoms with van der Waals surface area (Å²) in [7, 11) is 0. The minimum absolute atomic E-state index is 0.00776. The fourth-order valence-corrected chi connectivity index (χ4v) is 3.32. The van der Waals surface area contributed by atoms with Gasteiger partial charge in [-0.2, -0.15) is 0 Å². The van der Waals surface area contributed by atoms with Crippen molar-refractivity contribution in [3.05, 3.63) is 17.5 Å². The Morgan fingerprint density at radius 2 is 1.96 bits per heavy atom. The van der Waals surface area contributed by atoms with Crippen LogP contribution in [0.15, 0.2) is 10.8 Å². The molecule has 2 fully saturated rings. The van der Waals surface area contributed by atoms with Crippen LogP contribution in [0.5, 0.6) is 0 Å². The smallest absolute Gasteiger partial charge is 0.307 e. The molecule has 0 radical (unpaired) electrons. The Kier molecular flexibility index (Phi) is 4.45. The van der Waals surface area contributed by atoms with Crippen LogP contribution in [0.1, 0.15) is 43.4 Å². The van der Waals surface area contributed by atoms with Gasteiger partial charge in [-0.15, -0.1) is 0 Å². The Bertz CT molecular complexity index is 600. The third-order valence-corrected chi connectivity index (χ3v) is 4.69. The van der Waals surface area contributed by atoms with Crippen molar-refractivity contribution in [3.8, 4) is 0 Å².